The van der Waals surface area contributed by atoms with Gasteiger partial charge in [0.2, 0.25) is 5.78 Å². The lowest BCUT2D eigenvalue weighted by molar-refractivity contribution is -0.117. The highest BCUT2D eigenvalue weighted by Crippen LogP contribution is 2.13. The summed E-state index contributed by atoms with van der Waals surface area (Å²) in [7, 11) is 0. The van der Waals surface area contributed by atoms with Crippen LogP contribution in [-0.4, -0.2) is 24.1 Å². The van der Waals surface area contributed by atoms with Crippen LogP contribution in [0.4, 0.5) is 0 Å². The number of nitriles is 1. The van der Waals surface area contributed by atoms with Crippen LogP contribution in [-0.2, 0) is 11.2 Å². The lowest BCUT2D eigenvalue weighted by Gasteiger charge is -2.06. The van der Waals surface area contributed by atoms with Crippen LogP contribution in [0.2, 0.25) is 0 Å². The van der Waals surface area contributed by atoms with Gasteiger partial charge in [-0.15, -0.1) is 0 Å². The maximum absolute atomic E-state index is 11.6. The van der Waals surface area contributed by atoms with E-state index in [0.717, 1.165) is 5.56 Å². The SMILES string of the molecule is C/C(N)=C(\C#N)C(=O)COc1ccc(CCO)cc1. The van der Waals surface area contributed by atoms with Crippen LogP contribution < -0.4 is 10.5 Å². The van der Waals surface area contributed by atoms with Crippen molar-refractivity contribution >= 4 is 5.78 Å². The quantitative estimate of drug-likeness (QED) is 0.585. The number of hydrogen-bond acceptors (Lipinski definition) is 5. The Bertz CT molecular complexity index is 508. The van der Waals surface area contributed by atoms with Crippen molar-refractivity contribution in [1.82, 2.24) is 0 Å². The van der Waals surface area contributed by atoms with Gasteiger partial charge in [-0.1, -0.05) is 12.1 Å². The summed E-state index contributed by atoms with van der Waals surface area (Å²) in [5.74, 6) is 0.0870. The zero-order valence-corrected chi connectivity index (χ0v) is 10.7. The van der Waals surface area contributed by atoms with Crippen molar-refractivity contribution in [3.05, 3.63) is 41.1 Å². The first-order valence-corrected chi connectivity index (χ1v) is 5.80. The van der Waals surface area contributed by atoms with Crippen molar-refractivity contribution in [3.8, 4) is 11.8 Å². The number of nitrogens with two attached hydrogens (primary N) is 1. The third-order valence-corrected chi connectivity index (χ3v) is 2.48. The van der Waals surface area contributed by atoms with Gasteiger partial charge < -0.3 is 15.6 Å². The molecule has 100 valence electrons. The summed E-state index contributed by atoms with van der Waals surface area (Å²) in [5.41, 5.74) is 6.53. The highest BCUT2D eigenvalue weighted by molar-refractivity contribution is 6.00. The summed E-state index contributed by atoms with van der Waals surface area (Å²) in [6.07, 6.45) is 0.576. The molecule has 0 atom stereocenters. The molecular formula is C14H16N2O3. The van der Waals surface area contributed by atoms with E-state index in [1.165, 1.54) is 6.92 Å². The van der Waals surface area contributed by atoms with Crippen molar-refractivity contribution in [2.45, 2.75) is 13.3 Å². The molecule has 0 unspecified atom stereocenters. The number of aliphatic hydroxyl groups is 1. The molecule has 1 rings (SSSR count). The maximum Gasteiger partial charge on any atom is 0.212 e. The Morgan fingerprint density at radius 1 is 1.42 bits per heavy atom. The fourth-order valence-electron chi connectivity index (χ4n) is 1.47. The van der Waals surface area contributed by atoms with Gasteiger partial charge >= 0.3 is 0 Å². The first kappa shape index (κ1) is 14.7. The van der Waals surface area contributed by atoms with E-state index in [0.29, 0.717) is 12.2 Å². The van der Waals surface area contributed by atoms with Gasteiger partial charge in [0.15, 0.2) is 6.61 Å². The predicted octanol–water partition coefficient (Wildman–Crippen LogP) is 0.926. The van der Waals surface area contributed by atoms with Gasteiger partial charge in [0.25, 0.3) is 0 Å². The predicted molar refractivity (Wildman–Crippen MR) is 70.2 cm³/mol. The molecule has 0 radical (unpaired) electrons. The number of aliphatic hydroxyl groups excluding tert-OH is 1. The maximum atomic E-state index is 11.6. The number of hydrogen-bond donors (Lipinski definition) is 2. The molecule has 0 aromatic heterocycles. The molecule has 1 aromatic carbocycles. The zero-order valence-electron chi connectivity index (χ0n) is 10.7. The molecule has 0 heterocycles. The Labute approximate surface area is 111 Å². The average Bonchev–Trinajstić information content (AvgIpc) is 2.38. The van der Waals surface area contributed by atoms with Gasteiger partial charge in [-0.05, 0) is 31.0 Å². The molecule has 0 aliphatic rings. The van der Waals surface area contributed by atoms with Crippen LogP contribution in [0.1, 0.15) is 12.5 Å². The Kier molecular flexibility index (Phi) is 5.58. The Morgan fingerprint density at radius 2 is 2.05 bits per heavy atom. The topological polar surface area (TPSA) is 96.3 Å². The fraction of sp³-hybridized carbons (Fsp3) is 0.286. The van der Waals surface area contributed by atoms with E-state index in [4.69, 9.17) is 20.8 Å². The Balaban J connectivity index is 2.60. The largest absolute Gasteiger partial charge is 0.485 e. The number of ketones is 1. The number of carbonyl (C=O) groups is 1. The molecule has 3 N–H and O–H groups in total. The van der Waals surface area contributed by atoms with Crippen LogP contribution in [0, 0.1) is 11.3 Å². The highest BCUT2D eigenvalue weighted by Gasteiger charge is 2.12. The second-order valence-corrected chi connectivity index (χ2v) is 4.00. The van der Waals surface area contributed by atoms with Crippen molar-refractivity contribution < 1.29 is 14.6 Å². The van der Waals surface area contributed by atoms with E-state index in [9.17, 15) is 4.79 Å². The standard InChI is InChI=1S/C14H16N2O3/c1-10(16)13(8-15)14(18)9-19-12-4-2-11(3-5-12)6-7-17/h2-5,17H,6-7,9,16H2,1H3/b13-10-. The number of carbonyl (C=O) groups excluding carboxylic acids is 1. The van der Waals surface area contributed by atoms with E-state index >= 15 is 0 Å². The molecule has 5 nitrogen and oxygen atoms in total. The summed E-state index contributed by atoms with van der Waals surface area (Å²) >= 11 is 0. The number of allylic oxidation sites excluding steroid dienone is 1. The summed E-state index contributed by atoms with van der Waals surface area (Å²) < 4.78 is 5.28. The third kappa shape index (κ3) is 4.45. The first-order valence-electron chi connectivity index (χ1n) is 5.80. The second kappa shape index (κ2) is 7.19. The molecule has 0 aliphatic carbocycles. The molecule has 1 aromatic rings. The van der Waals surface area contributed by atoms with Crippen LogP contribution in [0.15, 0.2) is 35.5 Å². The number of rotatable bonds is 6. The molecule has 0 amide bonds. The summed E-state index contributed by atoms with van der Waals surface area (Å²) in [6, 6.07) is 8.81. The van der Waals surface area contributed by atoms with Crippen molar-refractivity contribution in [2.24, 2.45) is 5.73 Å². The van der Waals surface area contributed by atoms with Gasteiger partial charge in [-0.2, -0.15) is 5.26 Å². The van der Waals surface area contributed by atoms with Crippen molar-refractivity contribution in [3.63, 3.8) is 0 Å². The average molecular weight is 260 g/mol. The highest BCUT2D eigenvalue weighted by atomic mass is 16.5. The van der Waals surface area contributed by atoms with Crippen LogP contribution >= 0.6 is 0 Å². The van der Waals surface area contributed by atoms with E-state index in [1.807, 2.05) is 12.1 Å². The van der Waals surface area contributed by atoms with E-state index in [-0.39, 0.29) is 24.5 Å². The molecular weight excluding hydrogens is 244 g/mol. The number of ether oxygens (including phenoxy) is 1. The summed E-state index contributed by atoms with van der Waals surface area (Å²) in [5, 5.41) is 17.6. The minimum absolute atomic E-state index is 0.0723. The number of benzene rings is 1. The summed E-state index contributed by atoms with van der Waals surface area (Å²) in [6.45, 7) is 1.36. The molecule has 0 saturated carbocycles. The molecule has 0 fully saturated rings. The molecule has 0 spiro atoms. The van der Waals surface area contributed by atoms with Gasteiger partial charge in [0.1, 0.15) is 17.4 Å². The zero-order chi connectivity index (χ0) is 14.3. The van der Waals surface area contributed by atoms with Gasteiger partial charge in [0.05, 0.1) is 0 Å². The lowest BCUT2D eigenvalue weighted by Crippen LogP contribution is -2.16. The van der Waals surface area contributed by atoms with Crippen molar-refractivity contribution in [1.29, 1.82) is 5.26 Å². The van der Waals surface area contributed by atoms with Gasteiger partial charge in [0, 0.05) is 12.3 Å². The van der Waals surface area contributed by atoms with Crippen LogP contribution in [0.3, 0.4) is 0 Å². The number of Topliss-reactive ketones (excluding diaryl/α,β-unsaturated/α-hetero) is 1. The van der Waals surface area contributed by atoms with E-state index in [1.54, 1.807) is 18.2 Å². The van der Waals surface area contributed by atoms with Crippen LogP contribution in [0.5, 0.6) is 5.75 Å². The number of nitrogens with zero attached hydrogens (tertiary/aromatic N) is 1. The second-order valence-electron chi connectivity index (χ2n) is 4.00. The fourth-order valence-corrected chi connectivity index (χ4v) is 1.47. The van der Waals surface area contributed by atoms with Gasteiger partial charge in [-0.3, -0.25) is 4.79 Å². The molecule has 0 saturated heterocycles. The Hall–Kier alpha value is -2.32. The Morgan fingerprint density at radius 3 is 2.53 bits per heavy atom. The van der Waals surface area contributed by atoms with Gasteiger partial charge in [-0.25, -0.2) is 0 Å². The van der Waals surface area contributed by atoms with E-state index in [2.05, 4.69) is 0 Å². The first-order chi connectivity index (χ1) is 9.08. The minimum Gasteiger partial charge on any atom is -0.485 e. The molecule has 19 heavy (non-hydrogen) atoms. The third-order valence-electron chi connectivity index (χ3n) is 2.48. The normalized spacial score (nSPS) is 11.4. The van der Waals surface area contributed by atoms with Crippen molar-refractivity contribution in [2.75, 3.05) is 13.2 Å². The minimum atomic E-state index is -0.443. The lowest BCUT2D eigenvalue weighted by atomic mass is 10.1. The molecule has 5 heteroatoms. The monoisotopic (exact) mass is 260 g/mol. The van der Waals surface area contributed by atoms with Crippen LogP contribution in [0.25, 0.3) is 0 Å². The van der Waals surface area contributed by atoms with E-state index < -0.39 is 5.78 Å². The molecule has 0 aliphatic heterocycles. The summed E-state index contributed by atoms with van der Waals surface area (Å²) in [4.78, 5) is 11.6. The molecule has 0 bridgehead atoms. The smallest absolute Gasteiger partial charge is 0.212 e.